The second kappa shape index (κ2) is 5.86. The molecule has 0 saturated carbocycles. The molecule has 2 rings (SSSR count). The van der Waals surface area contributed by atoms with E-state index in [1.165, 1.54) is 0 Å². The molecule has 0 fully saturated rings. The fraction of sp³-hybridized carbons (Fsp3) is 0.143. The zero-order valence-electron chi connectivity index (χ0n) is 10.6. The third-order valence-corrected chi connectivity index (χ3v) is 2.60. The van der Waals surface area contributed by atoms with E-state index in [0.717, 1.165) is 11.3 Å². The molecule has 3 N–H and O–H groups in total. The number of nitrogens with one attached hydrogen (secondary N) is 1. The lowest BCUT2D eigenvalue weighted by molar-refractivity contribution is 0.303. The minimum Gasteiger partial charge on any atom is -0.497 e. The van der Waals surface area contributed by atoms with Gasteiger partial charge < -0.3 is 15.2 Å². The van der Waals surface area contributed by atoms with Gasteiger partial charge in [0.05, 0.1) is 18.9 Å². The van der Waals surface area contributed by atoms with E-state index in [1.807, 2.05) is 24.3 Å². The number of benzene rings is 1. The molecule has 5 heteroatoms. The number of ether oxygens (including phenoxy) is 2. The van der Waals surface area contributed by atoms with Gasteiger partial charge in [-0.2, -0.15) is 0 Å². The van der Waals surface area contributed by atoms with Gasteiger partial charge in [-0.25, -0.2) is 0 Å². The van der Waals surface area contributed by atoms with E-state index >= 15 is 0 Å². The first-order valence-electron chi connectivity index (χ1n) is 5.75. The van der Waals surface area contributed by atoms with Gasteiger partial charge in [0.15, 0.2) is 0 Å². The summed E-state index contributed by atoms with van der Waals surface area (Å²) in [6, 6.07) is 9.25. The van der Waals surface area contributed by atoms with Gasteiger partial charge in [0.25, 0.3) is 0 Å². The second-order valence-electron chi connectivity index (χ2n) is 3.93. The fourth-order valence-electron chi connectivity index (χ4n) is 1.64. The third-order valence-electron chi connectivity index (χ3n) is 2.60. The molecule has 5 nitrogen and oxygen atoms in total. The van der Waals surface area contributed by atoms with Crippen LogP contribution in [0.3, 0.4) is 0 Å². The van der Waals surface area contributed by atoms with Gasteiger partial charge in [-0.1, -0.05) is 12.1 Å². The van der Waals surface area contributed by atoms with Crippen LogP contribution < -0.4 is 15.2 Å². The Morgan fingerprint density at radius 3 is 2.95 bits per heavy atom. The fourth-order valence-corrected chi connectivity index (χ4v) is 1.64. The number of nitrogens with zero attached hydrogens (tertiary/aromatic N) is 1. The van der Waals surface area contributed by atoms with Crippen LogP contribution >= 0.6 is 0 Å². The highest BCUT2D eigenvalue weighted by Crippen LogP contribution is 2.19. The molecule has 1 aromatic carbocycles. The lowest BCUT2D eigenvalue weighted by atomic mass is 10.2. The van der Waals surface area contributed by atoms with Crippen LogP contribution in [0.5, 0.6) is 11.5 Å². The Bertz CT molecular complexity index is 584. The van der Waals surface area contributed by atoms with Crippen molar-refractivity contribution in [1.82, 2.24) is 4.98 Å². The quantitative estimate of drug-likeness (QED) is 0.633. The number of methoxy groups -OCH3 is 1. The highest BCUT2D eigenvalue weighted by atomic mass is 16.5. The Hall–Kier alpha value is -2.56. The standard InChI is InChI=1S/C14H15N3O2/c1-18-11-4-2-3-10(7-11)9-19-13-8-17-6-5-12(13)14(15)16/h2-8H,9H2,1H3,(H3,15,16). The van der Waals surface area contributed by atoms with Crippen LogP contribution in [0.4, 0.5) is 0 Å². The van der Waals surface area contributed by atoms with Crippen molar-refractivity contribution >= 4 is 5.84 Å². The van der Waals surface area contributed by atoms with Gasteiger partial charge in [0, 0.05) is 6.20 Å². The van der Waals surface area contributed by atoms with Gasteiger partial charge >= 0.3 is 0 Å². The Labute approximate surface area is 111 Å². The summed E-state index contributed by atoms with van der Waals surface area (Å²) >= 11 is 0. The molecule has 0 atom stereocenters. The number of hydrogen-bond acceptors (Lipinski definition) is 4. The molecule has 1 aromatic heterocycles. The Morgan fingerprint density at radius 2 is 2.21 bits per heavy atom. The monoisotopic (exact) mass is 257 g/mol. The van der Waals surface area contributed by atoms with Gasteiger partial charge in [0.2, 0.25) is 0 Å². The zero-order chi connectivity index (χ0) is 13.7. The first-order chi connectivity index (χ1) is 9.20. The zero-order valence-corrected chi connectivity index (χ0v) is 10.6. The average molecular weight is 257 g/mol. The highest BCUT2D eigenvalue weighted by Gasteiger charge is 2.06. The molecule has 0 aliphatic heterocycles. The molecule has 1 heterocycles. The highest BCUT2D eigenvalue weighted by molar-refractivity contribution is 5.97. The molecular weight excluding hydrogens is 242 g/mol. The molecule has 0 unspecified atom stereocenters. The summed E-state index contributed by atoms with van der Waals surface area (Å²) in [6.45, 7) is 0.364. The number of hydrogen-bond donors (Lipinski definition) is 2. The maximum atomic E-state index is 7.47. The van der Waals surface area contributed by atoms with Crippen molar-refractivity contribution in [1.29, 1.82) is 5.41 Å². The average Bonchev–Trinajstić information content (AvgIpc) is 2.45. The number of nitrogen functional groups attached to an aromatic ring is 1. The van der Waals surface area contributed by atoms with Crippen LogP contribution in [0.2, 0.25) is 0 Å². The van der Waals surface area contributed by atoms with Gasteiger partial charge in [-0.3, -0.25) is 10.4 Å². The van der Waals surface area contributed by atoms with E-state index < -0.39 is 0 Å². The molecule has 2 aromatic rings. The minimum atomic E-state index is -0.0388. The summed E-state index contributed by atoms with van der Waals surface area (Å²) in [5, 5.41) is 7.47. The first kappa shape index (κ1) is 12.9. The van der Waals surface area contributed by atoms with Gasteiger partial charge in [-0.15, -0.1) is 0 Å². The normalized spacial score (nSPS) is 9.95. The number of rotatable bonds is 5. The van der Waals surface area contributed by atoms with Crippen molar-refractivity contribution in [2.45, 2.75) is 6.61 Å². The summed E-state index contributed by atoms with van der Waals surface area (Å²) in [6.07, 6.45) is 3.13. The van der Waals surface area contributed by atoms with E-state index in [2.05, 4.69) is 4.98 Å². The molecule has 0 aliphatic rings. The van der Waals surface area contributed by atoms with Crippen LogP contribution in [-0.2, 0) is 6.61 Å². The first-order valence-corrected chi connectivity index (χ1v) is 5.75. The van der Waals surface area contributed by atoms with Crippen LogP contribution in [0.25, 0.3) is 0 Å². The summed E-state index contributed by atoms with van der Waals surface area (Å²) < 4.78 is 10.8. The minimum absolute atomic E-state index is 0.0388. The summed E-state index contributed by atoms with van der Waals surface area (Å²) in [5.74, 6) is 1.24. The molecule has 0 radical (unpaired) electrons. The summed E-state index contributed by atoms with van der Waals surface area (Å²) in [7, 11) is 1.62. The van der Waals surface area contributed by atoms with Gasteiger partial charge in [0.1, 0.15) is 23.9 Å². The number of nitrogens with two attached hydrogens (primary N) is 1. The molecule has 0 saturated heterocycles. The van der Waals surface area contributed by atoms with Crippen molar-refractivity contribution < 1.29 is 9.47 Å². The Kier molecular flexibility index (Phi) is 3.97. The summed E-state index contributed by atoms with van der Waals surface area (Å²) in [4.78, 5) is 3.97. The predicted octanol–water partition coefficient (Wildman–Crippen LogP) is 1.95. The second-order valence-corrected chi connectivity index (χ2v) is 3.93. The van der Waals surface area contributed by atoms with Crippen molar-refractivity contribution in [2.24, 2.45) is 5.73 Å². The lowest BCUT2D eigenvalue weighted by Crippen LogP contribution is -2.13. The molecular formula is C14H15N3O2. The van der Waals surface area contributed by atoms with E-state index in [9.17, 15) is 0 Å². The van der Waals surface area contributed by atoms with Crippen LogP contribution in [-0.4, -0.2) is 17.9 Å². The van der Waals surface area contributed by atoms with Crippen LogP contribution in [0, 0.1) is 5.41 Å². The number of pyridine rings is 1. The maximum absolute atomic E-state index is 7.47. The van der Waals surface area contributed by atoms with Crippen molar-refractivity contribution in [3.8, 4) is 11.5 Å². The molecule has 0 amide bonds. The number of amidine groups is 1. The number of aromatic nitrogens is 1. The Morgan fingerprint density at radius 1 is 1.37 bits per heavy atom. The Balaban J connectivity index is 2.12. The largest absolute Gasteiger partial charge is 0.497 e. The molecule has 0 aliphatic carbocycles. The summed E-state index contributed by atoms with van der Waals surface area (Å²) in [5.41, 5.74) is 6.99. The van der Waals surface area contributed by atoms with Crippen LogP contribution in [0.1, 0.15) is 11.1 Å². The van der Waals surface area contributed by atoms with E-state index in [-0.39, 0.29) is 5.84 Å². The van der Waals surface area contributed by atoms with Crippen molar-refractivity contribution in [3.05, 3.63) is 53.9 Å². The van der Waals surface area contributed by atoms with Crippen molar-refractivity contribution in [3.63, 3.8) is 0 Å². The smallest absolute Gasteiger partial charge is 0.148 e. The van der Waals surface area contributed by atoms with E-state index in [0.29, 0.717) is 17.9 Å². The van der Waals surface area contributed by atoms with Crippen LogP contribution in [0.15, 0.2) is 42.7 Å². The van der Waals surface area contributed by atoms with Gasteiger partial charge in [-0.05, 0) is 23.8 Å². The van der Waals surface area contributed by atoms with E-state index in [1.54, 1.807) is 25.6 Å². The predicted molar refractivity (Wildman–Crippen MR) is 72.6 cm³/mol. The van der Waals surface area contributed by atoms with E-state index in [4.69, 9.17) is 20.6 Å². The molecule has 0 spiro atoms. The SMILES string of the molecule is COc1cccc(COc2cnccc2C(=N)N)c1. The topological polar surface area (TPSA) is 81.2 Å². The van der Waals surface area contributed by atoms with Crippen molar-refractivity contribution in [2.75, 3.05) is 7.11 Å². The lowest BCUT2D eigenvalue weighted by Gasteiger charge is -2.10. The third kappa shape index (κ3) is 3.22. The maximum Gasteiger partial charge on any atom is 0.148 e. The molecule has 98 valence electrons. The molecule has 19 heavy (non-hydrogen) atoms. The molecule has 0 bridgehead atoms.